The zero-order chi connectivity index (χ0) is 48.0. The Morgan fingerprint density at radius 2 is 1.52 bits per heavy atom. The summed E-state index contributed by atoms with van der Waals surface area (Å²) in [5, 5.41) is 28.7. The number of hydrogen-bond donors (Lipinski definition) is 4. The third kappa shape index (κ3) is 13.4. The normalized spacial score (nSPS) is 15.1. The number of carboxylic acid groups (broad SMARTS) is 2. The van der Waals surface area contributed by atoms with Crippen LogP contribution >= 0.6 is 93.1 Å². The van der Waals surface area contributed by atoms with Crippen LogP contribution in [0.4, 0.5) is 9.59 Å². The van der Waals surface area contributed by atoms with Gasteiger partial charge in [-0.15, -0.1) is 16.9 Å². The minimum absolute atomic E-state index is 0.0229. The molecular formula is C35H27Cl6N7O15S2. The molecule has 2 aromatic carbocycles. The number of benzene rings is 2. The molecule has 1 saturated heterocycles. The van der Waals surface area contributed by atoms with E-state index >= 15 is 0 Å². The number of aromatic nitrogens is 4. The molecule has 2 aliphatic heterocycles. The number of carbonyl (C=O) groups is 7. The number of carbonyl (C=O) groups excluding carboxylic acids is 5. The highest BCUT2D eigenvalue weighted by molar-refractivity contribution is 8.00. The number of rotatable bonds is 14. The van der Waals surface area contributed by atoms with Gasteiger partial charge in [-0.25, -0.2) is 19.1 Å². The molecule has 346 valence electrons. The largest absolute Gasteiger partial charge is 0.514 e. The summed E-state index contributed by atoms with van der Waals surface area (Å²) in [5.74, 6) is -7.07. The molecule has 30 heteroatoms. The molecule has 65 heavy (non-hydrogen) atoms. The summed E-state index contributed by atoms with van der Waals surface area (Å²) in [7, 11) is 0. The third-order valence-corrected chi connectivity index (χ3v) is 11.3. The maximum Gasteiger partial charge on any atom is 0.514 e. The van der Waals surface area contributed by atoms with Crippen molar-refractivity contribution in [2.75, 3.05) is 24.7 Å². The summed E-state index contributed by atoms with van der Waals surface area (Å²) in [4.78, 5) is 98.1. The predicted octanol–water partition coefficient (Wildman–Crippen LogP) is 4.77. The molecule has 0 bridgehead atoms. The number of ether oxygens (including phenoxy) is 4. The number of aliphatic carboxylic acids is 2. The van der Waals surface area contributed by atoms with E-state index in [1.165, 1.54) is 28.8 Å². The Morgan fingerprint density at radius 3 is 2.05 bits per heavy atom. The van der Waals surface area contributed by atoms with Crippen molar-refractivity contribution in [3.63, 3.8) is 0 Å². The molecule has 6 rings (SSSR count). The van der Waals surface area contributed by atoms with Gasteiger partial charge in [-0.2, -0.15) is 0 Å². The van der Waals surface area contributed by atoms with Gasteiger partial charge < -0.3 is 45.0 Å². The van der Waals surface area contributed by atoms with E-state index in [2.05, 4.69) is 20.3 Å². The molecule has 2 atom stereocenters. The zero-order valence-electron chi connectivity index (χ0n) is 32.1. The van der Waals surface area contributed by atoms with Crippen molar-refractivity contribution in [3.8, 4) is 11.5 Å². The molecular weight excluding hydrogens is 1040 g/mol. The summed E-state index contributed by atoms with van der Waals surface area (Å²) in [6, 6.07) is 9.57. The molecule has 0 radical (unpaired) electrons. The van der Waals surface area contributed by atoms with Crippen LogP contribution in [-0.2, 0) is 35.2 Å². The van der Waals surface area contributed by atoms with Gasteiger partial charge >= 0.3 is 24.2 Å². The summed E-state index contributed by atoms with van der Waals surface area (Å²) in [6.07, 6.45) is -2.55. The number of hydrogen-bond acceptors (Lipinski definition) is 18. The molecule has 0 spiro atoms. The van der Waals surface area contributed by atoms with E-state index in [1.807, 2.05) is 0 Å². The SMILES string of the molecule is NC(=O)c1c(C(C(N)=O)c2ccccc2)oc2cc(OC(=O)OCC(Cl)(Cl)Cl)c(OC(=O)OCC(Cl)(Cl)Cl)cc2c1=O.O=C(O)Cn1nnnc1SCC1=C(C(=O)O)N2C(=O)C[C@@H]2SC1. The Morgan fingerprint density at radius 1 is 0.923 bits per heavy atom. The van der Waals surface area contributed by atoms with Crippen molar-refractivity contribution in [1.82, 2.24) is 25.1 Å². The van der Waals surface area contributed by atoms with E-state index in [4.69, 9.17) is 105 Å². The monoisotopic (exact) mass is 1060 g/mol. The van der Waals surface area contributed by atoms with E-state index in [9.17, 15) is 43.5 Å². The smallest absolute Gasteiger partial charge is 0.480 e. The minimum Gasteiger partial charge on any atom is -0.480 e. The molecule has 1 fully saturated rings. The summed E-state index contributed by atoms with van der Waals surface area (Å²) in [6.45, 7) is -1.87. The third-order valence-electron chi connectivity index (χ3n) is 8.30. The maximum atomic E-state index is 13.5. The van der Waals surface area contributed by atoms with Crippen LogP contribution in [-0.4, -0.2) is 115 Å². The van der Waals surface area contributed by atoms with Gasteiger partial charge in [0.05, 0.1) is 17.2 Å². The Kier molecular flexibility index (Phi) is 16.7. The standard InChI is InChI=1S/C24H16Cl6N2O10.C11H11N5O5S2/c25-23(26,27)8-38-21(36)41-13-6-11-12(7-14(13)42-22(37)39-9-24(28,29)30)40-18(16(17(11)33)20(32)35)15(19(31)34)10-4-2-1-3-5-10;17-6-1-7-16(6)9(10(20)21)5(3-22-7)4-23-11-12-13-14-15(11)2-8(18)19/h1-7,15H,8-9H2,(H2,31,34)(H2,32,35);7H,1-4H2,(H,18,19)(H,20,21)/t;7-/m.0/s1. The fourth-order valence-corrected chi connectivity index (χ4v) is 8.30. The zero-order valence-corrected chi connectivity index (χ0v) is 38.3. The number of halogens is 6. The van der Waals surface area contributed by atoms with E-state index in [1.54, 1.807) is 18.2 Å². The lowest BCUT2D eigenvalue weighted by Crippen LogP contribution is -2.54. The predicted molar refractivity (Wildman–Crippen MR) is 232 cm³/mol. The molecule has 6 N–H and O–H groups in total. The number of thioether (sulfide) groups is 2. The van der Waals surface area contributed by atoms with Gasteiger partial charge in [0.25, 0.3) is 5.91 Å². The number of alkyl halides is 6. The van der Waals surface area contributed by atoms with Crippen molar-refractivity contribution in [2.45, 2.75) is 37.0 Å². The average Bonchev–Trinajstić information content (AvgIpc) is 3.64. The number of nitrogens with two attached hydrogens (primary N) is 2. The van der Waals surface area contributed by atoms with Crippen LogP contribution in [0.15, 0.2) is 68.1 Å². The number of tetrazole rings is 1. The number of β-lactam (4-membered cyclic amide) rings is 1. The number of nitrogens with zero attached hydrogens (tertiary/aromatic N) is 5. The van der Waals surface area contributed by atoms with Crippen LogP contribution in [0, 0.1) is 0 Å². The Hall–Kier alpha value is -5.21. The molecule has 4 heterocycles. The second-order valence-electron chi connectivity index (χ2n) is 12.9. The van der Waals surface area contributed by atoms with Crippen molar-refractivity contribution < 1.29 is 67.1 Å². The van der Waals surface area contributed by atoms with E-state index in [-0.39, 0.29) is 45.6 Å². The first-order valence-corrected chi connectivity index (χ1v) is 21.9. The van der Waals surface area contributed by atoms with Crippen LogP contribution < -0.4 is 26.4 Å². The van der Waals surface area contributed by atoms with E-state index in [0.717, 1.165) is 28.6 Å². The quantitative estimate of drug-likeness (QED) is 0.0434. The molecule has 1 unspecified atom stereocenters. The Bertz CT molecular complexity index is 2640. The summed E-state index contributed by atoms with van der Waals surface area (Å²) < 4.78 is 22.4. The van der Waals surface area contributed by atoms with Gasteiger partial charge in [-0.1, -0.05) is 112 Å². The first-order chi connectivity index (χ1) is 30.4. The fraction of sp³-hybridized carbons (Fsp3) is 0.286. The summed E-state index contributed by atoms with van der Waals surface area (Å²) >= 11 is 36.0. The fourth-order valence-electron chi connectivity index (χ4n) is 5.69. The van der Waals surface area contributed by atoms with Gasteiger partial charge in [-0.3, -0.25) is 28.9 Å². The van der Waals surface area contributed by atoms with Crippen LogP contribution in [0.3, 0.4) is 0 Å². The van der Waals surface area contributed by atoms with Crippen LogP contribution in [0.25, 0.3) is 11.0 Å². The van der Waals surface area contributed by atoms with Crippen molar-refractivity contribution in [3.05, 3.63) is 80.8 Å². The molecule has 0 aliphatic carbocycles. The lowest BCUT2D eigenvalue weighted by molar-refractivity contribution is -0.146. The second kappa shape index (κ2) is 21.4. The first-order valence-electron chi connectivity index (χ1n) is 17.5. The first kappa shape index (κ1) is 50.8. The van der Waals surface area contributed by atoms with E-state index in [0.29, 0.717) is 17.7 Å². The molecule has 0 saturated carbocycles. The molecule has 4 aromatic rings. The van der Waals surface area contributed by atoms with Crippen LogP contribution in [0.5, 0.6) is 11.5 Å². The Labute approximate surface area is 401 Å². The maximum absolute atomic E-state index is 13.5. The van der Waals surface area contributed by atoms with Crippen molar-refractivity contribution in [2.24, 2.45) is 11.5 Å². The minimum atomic E-state index is -2.01. The lowest BCUT2D eigenvalue weighted by atomic mass is 9.91. The molecule has 22 nitrogen and oxygen atoms in total. The van der Waals surface area contributed by atoms with Gasteiger partial charge in [0, 0.05) is 17.6 Å². The van der Waals surface area contributed by atoms with E-state index < -0.39 is 96.4 Å². The number of fused-ring (bicyclic) bond motifs is 2. The van der Waals surface area contributed by atoms with Crippen molar-refractivity contribution >= 4 is 146 Å². The second-order valence-corrected chi connectivity index (χ2v) is 20.0. The highest BCUT2D eigenvalue weighted by Crippen LogP contribution is 2.41. The van der Waals surface area contributed by atoms with Crippen molar-refractivity contribution in [1.29, 1.82) is 0 Å². The van der Waals surface area contributed by atoms with Gasteiger partial charge in [0.2, 0.25) is 30.0 Å². The van der Waals surface area contributed by atoms with Gasteiger partial charge in [-0.05, 0) is 27.6 Å². The summed E-state index contributed by atoms with van der Waals surface area (Å²) in [5.41, 5.74) is 9.81. The number of amides is 3. The average molecular weight is 1060 g/mol. The topological polar surface area (TPSA) is 326 Å². The lowest BCUT2D eigenvalue weighted by Gasteiger charge is -2.43. The van der Waals surface area contributed by atoms with Gasteiger partial charge in [0.1, 0.15) is 48.3 Å². The number of primary amides is 2. The molecule has 2 aliphatic rings. The highest BCUT2D eigenvalue weighted by atomic mass is 35.6. The van der Waals surface area contributed by atoms with Crippen LogP contribution in [0.1, 0.15) is 34.0 Å². The highest BCUT2D eigenvalue weighted by Gasteiger charge is 2.45. The van der Waals surface area contributed by atoms with Crippen LogP contribution in [0.2, 0.25) is 0 Å². The number of carboxylic acids is 2. The van der Waals surface area contributed by atoms with Gasteiger partial charge in [0.15, 0.2) is 11.5 Å². The molecule has 3 amide bonds. The molecule has 2 aromatic heterocycles. The Balaban J connectivity index is 0.000000288.